The quantitative estimate of drug-likeness (QED) is 0.186. The first-order valence-corrected chi connectivity index (χ1v) is 20.9. The van der Waals surface area contributed by atoms with Gasteiger partial charge in [-0.15, -0.1) is 0 Å². The van der Waals surface area contributed by atoms with E-state index in [2.05, 4.69) is 15.6 Å². The molecule has 1 aliphatic heterocycles. The van der Waals surface area contributed by atoms with Crippen molar-refractivity contribution >= 4 is 62.0 Å². The predicted molar refractivity (Wildman–Crippen MR) is 219 cm³/mol. The predicted octanol–water partition coefficient (Wildman–Crippen LogP) is 8.25. The van der Waals surface area contributed by atoms with Crippen LogP contribution in [0.15, 0.2) is 77.8 Å². The third kappa shape index (κ3) is 8.74. The van der Waals surface area contributed by atoms with E-state index in [0.29, 0.717) is 46.1 Å². The van der Waals surface area contributed by atoms with Gasteiger partial charge in [-0.05, 0) is 132 Å². The van der Waals surface area contributed by atoms with Crippen molar-refractivity contribution in [3.63, 3.8) is 0 Å². The number of aromatic nitrogens is 1. The lowest BCUT2D eigenvalue weighted by Crippen LogP contribution is -2.44. The zero-order chi connectivity index (χ0) is 41.8. The number of nitrogens with one attached hydrogen (secondary N) is 2. The zero-order valence-corrected chi connectivity index (χ0v) is 34.6. The van der Waals surface area contributed by atoms with E-state index in [9.17, 15) is 27.6 Å². The van der Waals surface area contributed by atoms with Gasteiger partial charge in [0.1, 0.15) is 23.9 Å². The monoisotopic (exact) mass is 811 g/mol. The van der Waals surface area contributed by atoms with Crippen LogP contribution >= 0.6 is 0 Å². The molecule has 15 heteroatoms. The molecule has 3 aliphatic rings. The molecule has 0 radical (unpaired) electrons. The van der Waals surface area contributed by atoms with Crippen molar-refractivity contribution < 1.29 is 41.8 Å². The van der Waals surface area contributed by atoms with E-state index in [1.165, 1.54) is 17.2 Å². The smallest absolute Gasteiger partial charge is 0.425 e. The molecule has 2 aliphatic carbocycles. The third-order valence-corrected chi connectivity index (χ3v) is 12.6. The number of hydrogen-bond donors (Lipinski definition) is 2. The maximum absolute atomic E-state index is 14.7. The summed E-state index contributed by atoms with van der Waals surface area (Å²) in [5.74, 6) is -0.331. The Morgan fingerprint density at radius 3 is 2.26 bits per heavy atom. The van der Waals surface area contributed by atoms with Crippen LogP contribution in [0.2, 0.25) is 0 Å². The van der Waals surface area contributed by atoms with Crippen molar-refractivity contribution in [1.82, 2.24) is 9.88 Å². The number of ether oxygens (including phenoxy) is 3. The van der Waals surface area contributed by atoms with Crippen LogP contribution in [-0.2, 0) is 40.8 Å². The first kappa shape index (κ1) is 40.5. The Bertz CT molecular complexity index is 2380. The lowest BCUT2D eigenvalue weighted by atomic mass is 9.92. The number of carbonyl (C=O) groups is 4. The highest BCUT2D eigenvalue weighted by Gasteiger charge is 2.46. The molecule has 2 fully saturated rings. The third-order valence-electron chi connectivity index (χ3n) is 10.2. The molecule has 1 unspecified atom stereocenters. The van der Waals surface area contributed by atoms with Gasteiger partial charge < -0.3 is 24.4 Å². The van der Waals surface area contributed by atoms with Gasteiger partial charge in [-0.3, -0.25) is 10.1 Å². The summed E-state index contributed by atoms with van der Waals surface area (Å²) in [5, 5.41) is 6.72. The van der Waals surface area contributed by atoms with Crippen molar-refractivity contribution in [2.75, 3.05) is 29.2 Å². The van der Waals surface area contributed by atoms with E-state index in [1.807, 2.05) is 24.3 Å². The Hall–Kier alpha value is -5.70. The van der Waals surface area contributed by atoms with Crippen LogP contribution in [0.25, 0.3) is 10.8 Å². The van der Waals surface area contributed by atoms with Crippen molar-refractivity contribution in [2.24, 2.45) is 0 Å². The minimum absolute atomic E-state index is 0.00840. The highest BCUT2D eigenvalue weighted by Crippen LogP contribution is 2.49. The van der Waals surface area contributed by atoms with E-state index in [1.54, 1.807) is 85.0 Å². The Labute approximate surface area is 338 Å². The summed E-state index contributed by atoms with van der Waals surface area (Å²) in [5.41, 5.74) is 0.581. The molecule has 1 spiro atoms. The van der Waals surface area contributed by atoms with Gasteiger partial charge >= 0.3 is 18.3 Å². The average Bonchev–Trinajstić information content (AvgIpc) is 4.07. The highest BCUT2D eigenvalue weighted by atomic mass is 32.2. The summed E-state index contributed by atoms with van der Waals surface area (Å²) >= 11 is 0. The zero-order valence-electron chi connectivity index (χ0n) is 33.7. The molecule has 1 aromatic heterocycles. The summed E-state index contributed by atoms with van der Waals surface area (Å²) in [6.45, 7) is 10.2. The van der Waals surface area contributed by atoms with Crippen LogP contribution in [0.1, 0.15) is 90.0 Å². The maximum Gasteiger partial charge on any atom is 0.425 e. The number of rotatable bonds is 5. The summed E-state index contributed by atoms with van der Waals surface area (Å²) < 4.78 is 44.0. The molecule has 4 aromatic rings. The second-order valence-corrected chi connectivity index (χ2v) is 19.5. The van der Waals surface area contributed by atoms with Crippen LogP contribution in [0, 0.1) is 0 Å². The minimum Gasteiger partial charge on any atom is -0.448 e. The van der Waals surface area contributed by atoms with Crippen molar-refractivity contribution in [1.29, 1.82) is 0 Å². The summed E-state index contributed by atoms with van der Waals surface area (Å²) in [7, 11) is -2.05. The molecule has 2 saturated carbocycles. The minimum atomic E-state index is -3.67. The Kier molecular flexibility index (Phi) is 10.4. The van der Waals surface area contributed by atoms with E-state index < -0.39 is 56.0 Å². The van der Waals surface area contributed by atoms with Gasteiger partial charge in [0.2, 0.25) is 5.91 Å². The van der Waals surface area contributed by atoms with Crippen molar-refractivity contribution in [2.45, 2.75) is 107 Å². The van der Waals surface area contributed by atoms with Gasteiger partial charge in [-0.1, -0.05) is 24.3 Å². The molecule has 1 atom stereocenters. The Morgan fingerprint density at radius 2 is 1.62 bits per heavy atom. The molecule has 58 heavy (non-hydrogen) atoms. The van der Waals surface area contributed by atoms with Gasteiger partial charge in [0.15, 0.2) is 15.7 Å². The fraction of sp³-hybridized carbons (Fsp3) is 0.419. The molecule has 4 amide bonds. The largest absolute Gasteiger partial charge is 0.448 e. The summed E-state index contributed by atoms with van der Waals surface area (Å²) in [6, 6.07) is 18.2. The topological polar surface area (TPSA) is 174 Å². The number of imide groups is 1. The van der Waals surface area contributed by atoms with E-state index in [4.69, 9.17) is 14.2 Å². The van der Waals surface area contributed by atoms with Crippen LogP contribution in [0.4, 0.5) is 31.6 Å². The van der Waals surface area contributed by atoms with Crippen LogP contribution in [-0.4, -0.2) is 72.6 Å². The fourth-order valence-corrected chi connectivity index (χ4v) is 8.85. The first-order valence-electron chi connectivity index (χ1n) is 19.3. The number of amides is 4. The number of fused-ring (bicyclic) bond motifs is 6. The van der Waals surface area contributed by atoms with E-state index in [-0.39, 0.29) is 29.8 Å². The van der Waals surface area contributed by atoms with E-state index in [0.717, 1.165) is 23.3 Å². The molecule has 3 aromatic carbocycles. The number of hydrogen-bond acceptors (Lipinski definition) is 11. The molecule has 4 bridgehead atoms. The lowest BCUT2D eigenvalue weighted by Gasteiger charge is -2.29. The molecular formula is C43H49N5O9S. The second kappa shape index (κ2) is 14.9. The van der Waals surface area contributed by atoms with Gasteiger partial charge in [-0.2, -0.15) is 4.90 Å². The molecule has 14 nitrogen and oxygen atoms in total. The number of cyclic esters (lactones) is 1. The molecule has 7 rings (SSSR count). The first-order chi connectivity index (χ1) is 27.2. The second-order valence-electron chi connectivity index (χ2n) is 17.3. The van der Waals surface area contributed by atoms with Crippen LogP contribution < -0.4 is 15.5 Å². The number of benzene rings is 3. The Balaban J connectivity index is 1.28. The molecular weight excluding hydrogens is 763 g/mol. The van der Waals surface area contributed by atoms with Gasteiger partial charge in [0.25, 0.3) is 0 Å². The van der Waals surface area contributed by atoms with Gasteiger partial charge in [0.05, 0.1) is 10.1 Å². The highest BCUT2D eigenvalue weighted by molar-refractivity contribution is 7.92. The average molecular weight is 812 g/mol. The number of likely N-dealkylation sites (N-methyl/N-ethyl adjacent to an activating group) is 1. The van der Waals surface area contributed by atoms with Gasteiger partial charge in [0, 0.05) is 42.0 Å². The van der Waals surface area contributed by atoms with Crippen LogP contribution in [0.3, 0.4) is 0 Å². The maximum atomic E-state index is 14.7. The van der Waals surface area contributed by atoms with E-state index >= 15 is 0 Å². The van der Waals surface area contributed by atoms with Crippen molar-refractivity contribution in [3.05, 3.63) is 89.6 Å². The molecule has 2 heterocycles. The molecule has 306 valence electrons. The normalized spacial score (nSPS) is 18.3. The standard InChI is InChI=1S/C43H49N5O9S/c1-41(2,3)56-39(51)48(40(52)57-42(4,5)6)36-33-15-11-30(22-26(33)17-20-44-36)45-35-27-9-8-10-29(21-27)43(18-19-43)25-55-38(50)46-31-12-16-34(58(53,54)32-13-14-32)28(23-31)24-47(7)37(35)49/h8-12,15-17,20-23,32,35,45H,13-14,18-19,24-25H2,1-7H3,(H,46,50). The number of pyridine rings is 1. The number of nitrogens with zero attached hydrogens (tertiary/aromatic N) is 3. The van der Waals surface area contributed by atoms with Gasteiger partial charge in [-0.25, -0.2) is 27.8 Å². The summed E-state index contributed by atoms with van der Waals surface area (Å²) in [6.07, 6.45) is 1.62. The lowest BCUT2D eigenvalue weighted by molar-refractivity contribution is -0.131. The fourth-order valence-electron chi connectivity index (χ4n) is 6.99. The number of carbonyl (C=O) groups excluding carboxylic acids is 4. The molecule has 2 N–H and O–H groups in total. The van der Waals surface area contributed by atoms with Crippen molar-refractivity contribution in [3.8, 4) is 0 Å². The number of sulfone groups is 1. The van der Waals surface area contributed by atoms with Crippen LogP contribution in [0.5, 0.6) is 0 Å². The molecule has 0 saturated heterocycles. The SMILES string of the molecule is CN1Cc2cc(ccc2S(=O)(=O)C2CC2)NC(=O)OCC2(CC2)c2cccc(c2)C(Nc2ccc3c(N(C(=O)OC(C)(C)C)C(=O)OC(C)(C)C)nccc3c2)C1=O. The summed E-state index contributed by atoms with van der Waals surface area (Å²) in [4.78, 5) is 61.5. The number of anilines is 3. The Morgan fingerprint density at radius 1 is 0.931 bits per heavy atom.